The number of sulfonamides is 1. The molecule has 0 saturated carbocycles. The highest BCUT2D eigenvalue weighted by Gasteiger charge is 2.23. The van der Waals surface area contributed by atoms with Crippen LogP contribution >= 0.6 is 0 Å². The number of fused-ring (bicyclic) bond motifs is 1. The van der Waals surface area contributed by atoms with Crippen molar-refractivity contribution < 1.29 is 18.3 Å². The van der Waals surface area contributed by atoms with Gasteiger partial charge in [-0.15, -0.1) is 0 Å². The van der Waals surface area contributed by atoms with Crippen LogP contribution in [0, 0.1) is 27.7 Å². The number of carboxylic acid groups (broad SMARTS) is 1. The van der Waals surface area contributed by atoms with Crippen LogP contribution in [0.2, 0.25) is 0 Å². The number of rotatable bonds is 6. The Morgan fingerprint density at radius 2 is 1.49 bits per heavy atom. The second-order valence-electron chi connectivity index (χ2n) is 10.3. The van der Waals surface area contributed by atoms with Crippen LogP contribution in [0.5, 0.6) is 0 Å². The third-order valence-corrected chi connectivity index (χ3v) is 8.45. The molecule has 202 valence electrons. The minimum atomic E-state index is -3.85. The maximum Gasteiger partial charge on any atom is 0.336 e. The van der Waals surface area contributed by atoms with Crippen molar-refractivity contribution in [1.82, 2.24) is 4.98 Å². The largest absolute Gasteiger partial charge is 0.478 e. The Hall–Kier alpha value is -4.11. The first-order valence-corrected chi connectivity index (χ1v) is 14.3. The molecule has 1 aliphatic rings. The molecule has 1 fully saturated rings. The first-order chi connectivity index (χ1) is 18.5. The van der Waals surface area contributed by atoms with Crippen LogP contribution in [-0.2, 0) is 10.0 Å². The highest BCUT2D eigenvalue weighted by atomic mass is 32.2. The summed E-state index contributed by atoms with van der Waals surface area (Å²) in [4.78, 5) is 21.6. The standard InChI is InChI=1S/C30H32N4O4S/c1-19-5-6-22(4)28(16-19)33-9-11-34(12-10-33)29-18-26(30(35)36)25-17-23(7-8-27(25)31-29)32-39(37,38)24-14-20(2)13-21(3)15-24/h5-8,13-18,32H,9-12H2,1-4H3,(H,35,36). The van der Waals surface area contributed by atoms with Crippen molar-refractivity contribution in [2.75, 3.05) is 40.7 Å². The Morgan fingerprint density at radius 3 is 2.15 bits per heavy atom. The summed E-state index contributed by atoms with van der Waals surface area (Å²) < 4.78 is 28.7. The van der Waals surface area contributed by atoms with Crippen LogP contribution in [0.25, 0.3) is 10.9 Å². The molecule has 5 rings (SSSR count). The fourth-order valence-corrected chi connectivity index (χ4v) is 6.39. The fraction of sp³-hybridized carbons (Fsp3) is 0.267. The Labute approximate surface area is 229 Å². The molecule has 39 heavy (non-hydrogen) atoms. The average Bonchev–Trinajstić information content (AvgIpc) is 2.88. The summed E-state index contributed by atoms with van der Waals surface area (Å²) in [6, 6.07) is 18.0. The fourth-order valence-electron chi connectivity index (χ4n) is 5.15. The van der Waals surface area contributed by atoms with E-state index in [1.165, 1.54) is 22.9 Å². The van der Waals surface area contributed by atoms with Gasteiger partial charge in [-0.25, -0.2) is 18.2 Å². The number of aryl methyl sites for hydroxylation is 4. The number of carbonyl (C=O) groups is 1. The zero-order valence-corrected chi connectivity index (χ0v) is 23.3. The van der Waals surface area contributed by atoms with Gasteiger partial charge in [0.1, 0.15) is 5.82 Å². The maximum absolute atomic E-state index is 13.0. The number of anilines is 3. The van der Waals surface area contributed by atoms with Gasteiger partial charge in [-0.1, -0.05) is 18.2 Å². The Morgan fingerprint density at radius 1 is 0.821 bits per heavy atom. The van der Waals surface area contributed by atoms with Gasteiger partial charge >= 0.3 is 5.97 Å². The smallest absolute Gasteiger partial charge is 0.336 e. The van der Waals surface area contributed by atoms with E-state index in [9.17, 15) is 18.3 Å². The van der Waals surface area contributed by atoms with Gasteiger partial charge in [0.05, 0.1) is 16.0 Å². The van der Waals surface area contributed by atoms with Crippen molar-refractivity contribution in [3.8, 4) is 0 Å². The van der Waals surface area contributed by atoms with E-state index in [-0.39, 0.29) is 16.1 Å². The van der Waals surface area contributed by atoms with E-state index in [1.807, 2.05) is 19.9 Å². The molecular formula is C30H32N4O4S. The molecule has 2 N–H and O–H groups in total. The van der Waals surface area contributed by atoms with Crippen LogP contribution < -0.4 is 14.5 Å². The summed E-state index contributed by atoms with van der Waals surface area (Å²) in [6.45, 7) is 10.9. The maximum atomic E-state index is 13.0. The summed E-state index contributed by atoms with van der Waals surface area (Å²) in [5.41, 5.74) is 6.22. The molecule has 0 aliphatic carbocycles. The monoisotopic (exact) mass is 544 g/mol. The van der Waals surface area contributed by atoms with E-state index in [0.29, 0.717) is 29.8 Å². The summed E-state index contributed by atoms with van der Waals surface area (Å²) in [6.07, 6.45) is 0. The van der Waals surface area contributed by atoms with E-state index in [2.05, 4.69) is 46.6 Å². The van der Waals surface area contributed by atoms with Crippen molar-refractivity contribution in [3.05, 3.63) is 88.5 Å². The highest BCUT2D eigenvalue weighted by Crippen LogP contribution is 2.29. The zero-order valence-electron chi connectivity index (χ0n) is 22.5. The summed E-state index contributed by atoms with van der Waals surface area (Å²) in [7, 11) is -3.85. The molecule has 3 aromatic carbocycles. The van der Waals surface area contributed by atoms with Crippen LogP contribution in [0.3, 0.4) is 0 Å². The van der Waals surface area contributed by atoms with Gasteiger partial charge < -0.3 is 14.9 Å². The van der Waals surface area contributed by atoms with Gasteiger partial charge in [-0.3, -0.25) is 4.72 Å². The molecule has 2 heterocycles. The topological polar surface area (TPSA) is 103 Å². The molecule has 9 heteroatoms. The lowest BCUT2D eigenvalue weighted by molar-refractivity contribution is 0.0699. The minimum Gasteiger partial charge on any atom is -0.478 e. The summed E-state index contributed by atoms with van der Waals surface area (Å²) >= 11 is 0. The normalized spacial score (nSPS) is 14.1. The van der Waals surface area contributed by atoms with Gasteiger partial charge in [0.2, 0.25) is 0 Å². The molecule has 0 radical (unpaired) electrons. The van der Waals surface area contributed by atoms with Gasteiger partial charge in [0.25, 0.3) is 10.0 Å². The number of nitrogens with zero attached hydrogens (tertiary/aromatic N) is 3. The molecule has 0 amide bonds. The Bertz CT molecular complexity index is 1670. The third kappa shape index (κ3) is 5.54. The van der Waals surface area contributed by atoms with Crippen molar-refractivity contribution in [2.45, 2.75) is 32.6 Å². The number of aromatic nitrogens is 1. The van der Waals surface area contributed by atoms with Crippen LogP contribution in [-0.4, -0.2) is 50.7 Å². The predicted octanol–water partition coefficient (Wildman–Crippen LogP) is 5.29. The summed E-state index contributed by atoms with van der Waals surface area (Å²) in [5.74, 6) is -0.490. The summed E-state index contributed by atoms with van der Waals surface area (Å²) in [5, 5.41) is 10.4. The van der Waals surface area contributed by atoms with Crippen molar-refractivity contribution in [3.63, 3.8) is 0 Å². The molecule has 1 saturated heterocycles. The molecule has 0 atom stereocenters. The third-order valence-electron chi connectivity index (χ3n) is 7.09. The average molecular weight is 545 g/mol. The second-order valence-corrected chi connectivity index (χ2v) is 11.9. The molecule has 0 unspecified atom stereocenters. The highest BCUT2D eigenvalue weighted by molar-refractivity contribution is 7.92. The number of benzene rings is 3. The number of aromatic carboxylic acids is 1. The zero-order chi connectivity index (χ0) is 27.9. The van der Waals surface area contributed by atoms with Crippen LogP contribution in [0.1, 0.15) is 32.6 Å². The van der Waals surface area contributed by atoms with Gasteiger partial charge in [0.15, 0.2) is 0 Å². The molecule has 8 nitrogen and oxygen atoms in total. The van der Waals surface area contributed by atoms with Crippen LogP contribution in [0.15, 0.2) is 65.6 Å². The molecule has 0 bridgehead atoms. The van der Waals surface area contributed by atoms with E-state index >= 15 is 0 Å². The number of hydrogen-bond donors (Lipinski definition) is 2. The second kappa shape index (κ2) is 10.2. The number of piperazine rings is 1. The molecule has 0 spiro atoms. The first kappa shape index (κ1) is 26.5. The van der Waals surface area contributed by atoms with E-state index < -0.39 is 16.0 Å². The van der Waals surface area contributed by atoms with Crippen LogP contribution in [0.4, 0.5) is 17.2 Å². The lowest BCUT2D eigenvalue weighted by Crippen LogP contribution is -2.47. The SMILES string of the molecule is Cc1cc(C)cc(S(=O)(=O)Nc2ccc3nc(N4CCN(c5cc(C)ccc5C)CC4)cc(C(=O)O)c3c2)c1. The van der Waals surface area contributed by atoms with Gasteiger partial charge in [-0.2, -0.15) is 0 Å². The van der Waals surface area contributed by atoms with Gasteiger partial charge in [0, 0.05) is 42.9 Å². The molecule has 4 aromatic rings. The van der Waals surface area contributed by atoms with E-state index in [0.717, 1.165) is 24.2 Å². The van der Waals surface area contributed by atoms with Crippen molar-refractivity contribution in [2.24, 2.45) is 0 Å². The van der Waals surface area contributed by atoms with Crippen molar-refractivity contribution in [1.29, 1.82) is 0 Å². The minimum absolute atomic E-state index is 0.0828. The quantitative estimate of drug-likeness (QED) is 0.340. The first-order valence-electron chi connectivity index (χ1n) is 12.9. The van der Waals surface area contributed by atoms with Gasteiger partial charge in [-0.05, 0) is 92.4 Å². The molecule has 1 aliphatic heterocycles. The van der Waals surface area contributed by atoms with E-state index in [4.69, 9.17) is 4.98 Å². The van der Waals surface area contributed by atoms with Crippen molar-refractivity contribution >= 4 is 44.1 Å². The Balaban J connectivity index is 1.41. The number of pyridine rings is 1. The van der Waals surface area contributed by atoms with E-state index in [1.54, 1.807) is 30.3 Å². The lowest BCUT2D eigenvalue weighted by atomic mass is 10.1. The lowest BCUT2D eigenvalue weighted by Gasteiger charge is -2.37. The predicted molar refractivity (Wildman–Crippen MR) is 156 cm³/mol. The number of hydrogen-bond acceptors (Lipinski definition) is 6. The Kier molecular flexibility index (Phi) is 6.94. The number of nitrogens with one attached hydrogen (secondary N) is 1. The molecule has 1 aromatic heterocycles. The molecular weight excluding hydrogens is 512 g/mol. The number of carboxylic acids is 1.